The van der Waals surface area contributed by atoms with Gasteiger partial charge in [-0.05, 0) is 31.4 Å². The van der Waals surface area contributed by atoms with Crippen LogP contribution in [0, 0.1) is 5.41 Å². The Morgan fingerprint density at radius 2 is 2.00 bits per heavy atom. The van der Waals surface area contributed by atoms with Gasteiger partial charge in [0, 0.05) is 5.41 Å². The topological polar surface area (TPSA) is 29.5 Å². The van der Waals surface area contributed by atoms with Gasteiger partial charge in [-0.15, -0.1) is 0 Å². The molecule has 0 radical (unpaired) electrons. The van der Waals surface area contributed by atoms with Crippen molar-refractivity contribution in [2.75, 3.05) is 0 Å². The molecule has 0 aromatic rings. The number of aliphatic hydroxyl groups excluding tert-OH is 1. The van der Waals surface area contributed by atoms with Gasteiger partial charge in [-0.25, -0.2) is 0 Å². The summed E-state index contributed by atoms with van der Waals surface area (Å²) in [5.41, 5.74) is 0.0762. The lowest BCUT2D eigenvalue weighted by atomic mass is 9.93. The van der Waals surface area contributed by atoms with Gasteiger partial charge in [-0.3, -0.25) is 0 Å². The highest BCUT2D eigenvalue weighted by atomic mass is 16.5. The van der Waals surface area contributed by atoms with Crippen LogP contribution >= 0.6 is 0 Å². The molecule has 2 heteroatoms. The fourth-order valence-corrected chi connectivity index (χ4v) is 2.27. The summed E-state index contributed by atoms with van der Waals surface area (Å²) in [6.45, 7) is 4.32. The van der Waals surface area contributed by atoms with E-state index in [2.05, 4.69) is 26.0 Å². The average Bonchev–Trinajstić information content (AvgIpc) is 2.44. The van der Waals surface area contributed by atoms with E-state index >= 15 is 0 Å². The van der Waals surface area contributed by atoms with Gasteiger partial charge in [0.2, 0.25) is 0 Å². The second-order valence-corrected chi connectivity index (χ2v) is 5.59. The Morgan fingerprint density at radius 3 is 2.76 bits per heavy atom. The molecular formula is C15H22O2. The van der Waals surface area contributed by atoms with E-state index in [0.717, 1.165) is 31.4 Å². The SMILES string of the molecule is CC1(C)C=CC=C(OC2CCCCC2O)C=C1. The summed E-state index contributed by atoms with van der Waals surface area (Å²) in [6, 6.07) is 0. The number of allylic oxidation sites excluding steroid dienone is 5. The van der Waals surface area contributed by atoms with Crippen LogP contribution in [0.15, 0.2) is 36.1 Å². The number of rotatable bonds is 2. The van der Waals surface area contributed by atoms with Crippen molar-refractivity contribution in [2.45, 2.75) is 51.7 Å². The Kier molecular flexibility index (Phi) is 3.72. The highest BCUT2D eigenvalue weighted by Crippen LogP contribution is 2.27. The van der Waals surface area contributed by atoms with Gasteiger partial charge in [-0.2, -0.15) is 0 Å². The molecule has 0 spiro atoms. The van der Waals surface area contributed by atoms with E-state index in [1.54, 1.807) is 0 Å². The van der Waals surface area contributed by atoms with E-state index < -0.39 is 0 Å². The van der Waals surface area contributed by atoms with Crippen LogP contribution in [0.2, 0.25) is 0 Å². The largest absolute Gasteiger partial charge is 0.488 e. The van der Waals surface area contributed by atoms with Crippen LogP contribution in [0.3, 0.4) is 0 Å². The van der Waals surface area contributed by atoms with Crippen LogP contribution in [0.5, 0.6) is 0 Å². The van der Waals surface area contributed by atoms with Gasteiger partial charge in [0.25, 0.3) is 0 Å². The summed E-state index contributed by atoms with van der Waals surface area (Å²) >= 11 is 0. The molecule has 0 bridgehead atoms. The first-order valence-electron chi connectivity index (χ1n) is 6.50. The molecule has 0 amide bonds. The lowest BCUT2D eigenvalue weighted by molar-refractivity contribution is -0.0254. The third-order valence-corrected chi connectivity index (χ3v) is 3.42. The predicted octanol–water partition coefficient (Wildman–Crippen LogP) is 3.34. The second-order valence-electron chi connectivity index (χ2n) is 5.59. The monoisotopic (exact) mass is 234 g/mol. The first kappa shape index (κ1) is 12.4. The van der Waals surface area contributed by atoms with Gasteiger partial charge >= 0.3 is 0 Å². The van der Waals surface area contributed by atoms with Gasteiger partial charge in [0.05, 0.1) is 6.10 Å². The van der Waals surface area contributed by atoms with E-state index in [9.17, 15) is 5.11 Å². The highest BCUT2D eigenvalue weighted by molar-refractivity contribution is 5.27. The number of ether oxygens (including phenoxy) is 1. The zero-order valence-electron chi connectivity index (χ0n) is 10.7. The van der Waals surface area contributed by atoms with Gasteiger partial charge in [-0.1, -0.05) is 38.5 Å². The van der Waals surface area contributed by atoms with Crippen molar-refractivity contribution in [3.8, 4) is 0 Å². The molecule has 1 saturated carbocycles. The third-order valence-electron chi connectivity index (χ3n) is 3.42. The van der Waals surface area contributed by atoms with Crippen molar-refractivity contribution in [1.82, 2.24) is 0 Å². The molecule has 17 heavy (non-hydrogen) atoms. The summed E-state index contributed by atoms with van der Waals surface area (Å²) in [5, 5.41) is 9.88. The quantitative estimate of drug-likeness (QED) is 0.794. The normalized spacial score (nSPS) is 31.8. The Bertz CT molecular complexity index is 350. The van der Waals surface area contributed by atoms with E-state index in [1.165, 1.54) is 0 Å². The summed E-state index contributed by atoms with van der Waals surface area (Å²) in [7, 11) is 0. The van der Waals surface area contributed by atoms with Crippen LogP contribution in [-0.2, 0) is 4.74 Å². The standard InChI is InChI=1S/C15H22O2/c1-15(2)10-5-6-12(9-11-15)17-14-8-4-3-7-13(14)16/h5-6,9-11,13-14,16H,3-4,7-8H2,1-2H3. The predicted molar refractivity (Wildman–Crippen MR) is 69.5 cm³/mol. The van der Waals surface area contributed by atoms with Crippen molar-refractivity contribution in [2.24, 2.45) is 5.41 Å². The number of hydrogen-bond acceptors (Lipinski definition) is 2. The average molecular weight is 234 g/mol. The first-order valence-corrected chi connectivity index (χ1v) is 6.50. The van der Waals surface area contributed by atoms with Crippen molar-refractivity contribution in [3.63, 3.8) is 0 Å². The second kappa shape index (κ2) is 5.09. The van der Waals surface area contributed by atoms with E-state index in [4.69, 9.17) is 4.74 Å². The zero-order valence-corrected chi connectivity index (χ0v) is 10.7. The fraction of sp³-hybridized carbons (Fsp3) is 0.600. The smallest absolute Gasteiger partial charge is 0.124 e. The van der Waals surface area contributed by atoms with Crippen LogP contribution < -0.4 is 0 Å². The maximum Gasteiger partial charge on any atom is 0.124 e. The van der Waals surface area contributed by atoms with Crippen molar-refractivity contribution >= 4 is 0 Å². The van der Waals surface area contributed by atoms with Crippen molar-refractivity contribution in [3.05, 3.63) is 36.1 Å². The van der Waals surface area contributed by atoms with Crippen LogP contribution in [0.4, 0.5) is 0 Å². The fourth-order valence-electron chi connectivity index (χ4n) is 2.27. The zero-order chi connectivity index (χ0) is 12.3. The van der Waals surface area contributed by atoms with Crippen LogP contribution in [-0.4, -0.2) is 17.3 Å². The Labute approximate surface area is 104 Å². The maximum absolute atomic E-state index is 9.88. The lowest BCUT2D eigenvalue weighted by Crippen LogP contribution is -2.31. The molecule has 1 fully saturated rings. The lowest BCUT2D eigenvalue weighted by Gasteiger charge is -2.28. The number of aliphatic hydroxyl groups is 1. The summed E-state index contributed by atoms with van der Waals surface area (Å²) in [6.07, 6.45) is 14.1. The van der Waals surface area contributed by atoms with E-state index in [-0.39, 0.29) is 17.6 Å². The molecule has 0 saturated heterocycles. The molecule has 2 unspecified atom stereocenters. The van der Waals surface area contributed by atoms with Crippen LogP contribution in [0.1, 0.15) is 39.5 Å². The molecule has 2 aliphatic rings. The molecule has 0 aromatic carbocycles. The van der Waals surface area contributed by atoms with Gasteiger partial charge in [0.15, 0.2) is 0 Å². The number of hydrogen-bond donors (Lipinski definition) is 1. The molecule has 94 valence electrons. The van der Waals surface area contributed by atoms with Gasteiger partial charge in [0.1, 0.15) is 11.9 Å². The molecule has 0 aliphatic heterocycles. The molecule has 1 N–H and O–H groups in total. The molecule has 0 aromatic heterocycles. The summed E-state index contributed by atoms with van der Waals surface area (Å²) in [5.74, 6) is 0.859. The molecule has 2 rings (SSSR count). The first-order chi connectivity index (χ1) is 8.07. The maximum atomic E-state index is 9.88. The molecule has 2 aliphatic carbocycles. The minimum atomic E-state index is -0.307. The van der Waals surface area contributed by atoms with Crippen molar-refractivity contribution < 1.29 is 9.84 Å². The van der Waals surface area contributed by atoms with Gasteiger partial charge < -0.3 is 9.84 Å². The highest BCUT2D eigenvalue weighted by Gasteiger charge is 2.25. The molecule has 2 atom stereocenters. The Balaban J connectivity index is 1.99. The minimum Gasteiger partial charge on any atom is -0.488 e. The summed E-state index contributed by atoms with van der Waals surface area (Å²) < 4.78 is 5.89. The Morgan fingerprint density at radius 1 is 1.24 bits per heavy atom. The van der Waals surface area contributed by atoms with E-state index in [0.29, 0.717) is 0 Å². The minimum absolute atomic E-state index is 0.0331. The molecule has 2 nitrogen and oxygen atoms in total. The molecule has 0 heterocycles. The third kappa shape index (κ3) is 3.47. The Hall–Kier alpha value is -1.02. The van der Waals surface area contributed by atoms with Crippen LogP contribution in [0.25, 0.3) is 0 Å². The van der Waals surface area contributed by atoms with Crippen molar-refractivity contribution in [1.29, 1.82) is 0 Å². The summed E-state index contributed by atoms with van der Waals surface area (Å²) in [4.78, 5) is 0. The molecular weight excluding hydrogens is 212 g/mol. The van der Waals surface area contributed by atoms with E-state index in [1.807, 2.05) is 18.2 Å².